The van der Waals surface area contributed by atoms with Crippen LogP contribution in [0.1, 0.15) is 23.6 Å². The lowest BCUT2D eigenvalue weighted by Crippen LogP contribution is -2.23. The summed E-state index contributed by atoms with van der Waals surface area (Å²) in [5, 5.41) is 12.2. The van der Waals surface area contributed by atoms with Crippen LogP contribution in [0.5, 0.6) is 11.5 Å². The van der Waals surface area contributed by atoms with Crippen LogP contribution < -0.4 is 14.2 Å². The van der Waals surface area contributed by atoms with Gasteiger partial charge in [0.1, 0.15) is 16.5 Å². The lowest BCUT2D eigenvalue weighted by molar-refractivity contribution is -0.117. The van der Waals surface area contributed by atoms with Crippen molar-refractivity contribution in [3.63, 3.8) is 0 Å². The van der Waals surface area contributed by atoms with E-state index in [0.29, 0.717) is 5.56 Å². The number of amides is 1. The molecule has 3 aromatic carbocycles. The fraction of sp³-hybridized carbons (Fsp3) is 0.154. The van der Waals surface area contributed by atoms with Gasteiger partial charge in [-0.15, -0.1) is 0 Å². The van der Waals surface area contributed by atoms with E-state index in [1.807, 2.05) is 43.3 Å². The van der Waals surface area contributed by atoms with Crippen molar-refractivity contribution in [2.24, 2.45) is 0 Å². The number of aryl methyl sites for hydroxylation is 1. The summed E-state index contributed by atoms with van der Waals surface area (Å²) in [7, 11) is -4.12. The van der Waals surface area contributed by atoms with Crippen molar-refractivity contribution in [3.8, 4) is 17.6 Å². The summed E-state index contributed by atoms with van der Waals surface area (Å²) < 4.78 is 36.9. The third-order valence-corrected chi connectivity index (χ3v) is 6.63. The minimum atomic E-state index is -4.12. The molecule has 0 aliphatic carbocycles. The second-order valence-electron chi connectivity index (χ2n) is 7.45. The van der Waals surface area contributed by atoms with Crippen LogP contribution in [0.2, 0.25) is 0 Å². The predicted octanol–water partition coefficient (Wildman–Crippen LogP) is 5.15. The van der Waals surface area contributed by atoms with Crippen LogP contribution in [-0.4, -0.2) is 20.9 Å². The van der Waals surface area contributed by atoms with Crippen LogP contribution >= 0.6 is 15.9 Å². The van der Waals surface area contributed by atoms with E-state index >= 15 is 0 Å². The maximum atomic E-state index is 12.8. The van der Waals surface area contributed by atoms with Crippen LogP contribution in [0, 0.1) is 18.3 Å². The Kier molecular flexibility index (Phi) is 8.68. The number of rotatable bonds is 9. The standard InChI is InChI=1S/C26H23BrN2O5S/c1-3-33-24-15-20(13-21(16-28)26(30)29-17-19-7-5-4-6-8-19)14-23(27)25(24)34-35(31,32)22-11-9-18(2)10-12-22/h4-15H,3,17H2,1-2H3,(H,29,30)/b21-13+. The number of nitrogens with one attached hydrogen (secondary N) is 1. The van der Waals surface area contributed by atoms with Crippen LogP contribution in [0.25, 0.3) is 6.08 Å². The Labute approximate surface area is 213 Å². The maximum Gasteiger partial charge on any atom is 0.339 e. The van der Waals surface area contributed by atoms with Crippen LogP contribution in [-0.2, 0) is 21.5 Å². The van der Waals surface area contributed by atoms with Gasteiger partial charge in [0, 0.05) is 6.54 Å². The van der Waals surface area contributed by atoms with Gasteiger partial charge in [-0.25, -0.2) is 0 Å². The highest BCUT2D eigenvalue weighted by Crippen LogP contribution is 2.39. The van der Waals surface area contributed by atoms with E-state index in [4.69, 9.17) is 8.92 Å². The molecule has 1 amide bonds. The molecule has 0 aliphatic heterocycles. The van der Waals surface area contributed by atoms with Crippen molar-refractivity contribution in [1.29, 1.82) is 5.26 Å². The third kappa shape index (κ3) is 6.94. The number of nitrogens with zero attached hydrogens (tertiary/aromatic N) is 1. The minimum Gasteiger partial charge on any atom is -0.490 e. The fourth-order valence-corrected chi connectivity index (χ4v) is 4.67. The Hall–Kier alpha value is -3.61. The highest BCUT2D eigenvalue weighted by Gasteiger charge is 2.22. The van der Waals surface area contributed by atoms with Gasteiger partial charge in [0.25, 0.3) is 5.91 Å². The van der Waals surface area contributed by atoms with Crippen molar-refractivity contribution < 1.29 is 22.1 Å². The average molecular weight is 555 g/mol. The number of nitriles is 1. The number of benzene rings is 3. The first kappa shape index (κ1) is 26.0. The summed E-state index contributed by atoms with van der Waals surface area (Å²) in [6.45, 7) is 4.11. The number of carbonyl (C=O) groups excluding carboxylic acids is 1. The summed E-state index contributed by atoms with van der Waals surface area (Å²) in [4.78, 5) is 12.5. The SMILES string of the molecule is CCOc1cc(/C=C(\C#N)C(=O)NCc2ccccc2)cc(Br)c1OS(=O)(=O)c1ccc(C)cc1. The van der Waals surface area contributed by atoms with E-state index in [0.717, 1.165) is 11.1 Å². The van der Waals surface area contributed by atoms with Gasteiger partial charge in [-0.05, 0) is 71.2 Å². The van der Waals surface area contributed by atoms with E-state index in [1.54, 1.807) is 25.1 Å². The summed E-state index contributed by atoms with van der Waals surface area (Å²) in [5.41, 5.74) is 2.15. The largest absolute Gasteiger partial charge is 0.490 e. The van der Waals surface area contributed by atoms with Gasteiger partial charge in [-0.1, -0.05) is 48.0 Å². The molecule has 0 unspecified atom stereocenters. The molecule has 0 saturated heterocycles. The quantitative estimate of drug-likeness (QED) is 0.223. The minimum absolute atomic E-state index is 0.00303. The molecule has 0 aromatic heterocycles. The van der Waals surface area contributed by atoms with Crippen molar-refractivity contribution in [3.05, 3.63) is 93.5 Å². The second kappa shape index (κ2) is 11.7. The molecule has 3 rings (SSSR count). The number of hydrogen-bond acceptors (Lipinski definition) is 6. The fourth-order valence-electron chi connectivity index (χ4n) is 3.07. The Morgan fingerprint density at radius 3 is 2.43 bits per heavy atom. The first-order valence-electron chi connectivity index (χ1n) is 10.6. The molecule has 0 spiro atoms. The monoisotopic (exact) mass is 554 g/mol. The summed E-state index contributed by atoms with van der Waals surface area (Å²) in [5.74, 6) is -0.421. The summed E-state index contributed by atoms with van der Waals surface area (Å²) >= 11 is 3.33. The maximum absolute atomic E-state index is 12.8. The molecule has 0 saturated carbocycles. The van der Waals surface area contributed by atoms with Gasteiger partial charge >= 0.3 is 10.1 Å². The van der Waals surface area contributed by atoms with E-state index < -0.39 is 16.0 Å². The van der Waals surface area contributed by atoms with Crippen molar-refractivity contribution >= 4 is 38.0 Å². The Morgan fingerprint density at radius 1 is 1.11 bits per heavy atom. The molecule has 1 N–H and O–H groups in total. The molecule has 0 aliphatic rings. The van der Waals surface area contributed by atoms with E-state index in [9.17, 15) is 18.5 Å². The number of ether oxygens (including phenoxy) is 1. The normalized spacial score (nSPS) is 11.4. The van der Waals surface area contributed by atoms with Crippen LogP contribution in [0.4, 0.5) is 0 Å². The molecule has 3 aromatic rings. The zero-order chi connectivity index (χ0) is 25.4. The van der Waals surface area contributed by atoms with Crippen molar-refractivity contribution in [2.75, 3.05) is 6.61 Å². The Bertz CT molecular complexity index is 1380. The molecule has 0 heterocycles. The molecule has 180 valence electrons. The van der Waals surface area contributed by atoms with Crippen LogP contribution in [0.15, 0.2) is 81.7 Å². The lowest BCUT2D eigenvalue weighted by Gasteiger charge is -2.15. The number of carbonyl (C=O) groups is 1. The van der Waals surface area contributed by atoms with Crippen molar-refractivity contribution in [1.82, 2.24) is 5.32 Å². The first-order chi connectivity index (χ1) is 16.7. The smallest absolute Gasteiger partial charge is 0.339 e. The van der Waals surface area contributed by atoms with E-state index in [-0.39, 0.29) is 39.6 Å². The summed E-state index contributed by atoms with van der Waals surface area (Å²) in [6.07, 6.45) is 1.39. The molecule has 0 atom stereocenters. The summed E-state index contributed by atoms with van der Waals surface area (Å²) in [6, 6.07) is 20.6. The first-order valence-corrected chi connectivity index (χ1v) is 12.8. The molecule has 0 fully saturated rings. The number of halogens is 1. The topological polar surface area (TPSA) is 105 Å². The van der Waals surface area contributed by atoms with Gasteiger partial charge in [0.15, 0.2) is 11.5 Å². The highest BCUT2D eigenvalue weighted by molar-refractivity contribution is 9.10. The van der Waals surface area contributed by atoms with Gasteiger partial charge in [0.2, 0.25) is 0 Å². The number of hydrogen-bond donors (Lipinski definition) is 1. The van der Waals surface area contributed by atoms with E-state index in [1.165, 1.54) is 24.3 Å². The van der Waals surface area contributed by atoms with Crippen molar-refractivity contribution in [2.45, 2.75) is 25.3 Å². The molecule has 0 bridgehead atoms. The zero-order valence-corrected chi connectivity index (χ0v) is 21.5. The van der Waals surface area contributed by atoms with Gasteiger partial charge in [-0.3, -0.25) is 4.79 Å². The highest BCUT2D eigenvalue weighted by atomic mass is 79.9. The molecular formula is C26H23BrN2O5S. The van der Waals surface area contributed by atoms with E-state index in [2.05, 4.69) is 21.2 Å². The van der Waals surface area contributed by atoms with Gasteiger partial charge < -0.3 is 14.2 Å². The van der Waals surface area contributed by atoms with Crippen LogP contribution in [0.3, 0.4) is 0 Å². The molecule has 35 heavy (non-hydrogen) atoms. The third-order valence-electron chi connectivity index (χ3n) is 4.81. The molecule has 9 heteroatoms. The molecular weight excluding hydrogens is 532 g/mol. The lowest BCUT2D eigenvalue weighted by atomic mass is 10.1. The zero-order valence-electron chi connectivity index (χ0n) is 19.1. The van der Waals surface area contributed by atoms with Gasteiger partial charge in [0.05, 0.1) is 11.1 Å². The van der Waals surface area contributed by atoms with Gasteiger partial charge in [-0.2, -0.15) is 13.7 Å². The average Bonchev–Trinajstić information content (AvgIpc) is 2.84. The Morgan fingerprint density at radius 2 is 1.80 bits per heavy atom. The molecule has 0 radical (unpaired) electrons. The predicted molar refractivity (Wildman–Crippen MR) is 136 cm³/mol. The second-order valence-corrected chi connectivity index (χ2v) is 9.85. The Balaban J connectivity index is 1.88. The molecule has 7 nitrogen and oxygen atoms in total.